The molecular weight excluding hydrogens is 408 g/mol. The van der Waals surface area contributed by atoms with Crippen molar-refractivity contribution in [2.75, 3.05) is 32.8 Å². The lowest BCUT2D eigenvalue weighted by molar-refractivity contribution is -0.128. The van der Waals surface area contributed by atoms with Gasteiger partial charge >= 0.3 is 0 Å². The van der Waals surface area contributed by atoms with Crippen molar-refractivity contribution in [2.24, 2.45) is 0 Å². The Labute approximate surface area is 187 Å². The number of nitrogens with zero attached hydrogens (tertiary/aromatic N) is 1. The molecule has 2 aromatic heterocycles. The minimum atomic E-state index is -0.671. The maximum atomic E-state index is 13.2. The van der Waals surface area contributed by atoms with E-state index >= 15 is 0 Å². The van der Waals surface area contributed by atoms with Gasteiger partial charge < -0.3 is 24.8 Å². The fourth-order valence-corrected chi connectivity index (χ4v) is 4.23. The highest BCUT2D eigenvalue weighted by atomic mass is 16.5. The van der Waals surface area contributed by atoms with Gasteiger partial charge in [-0.05, 0) is 30.7 Å². The van der Waals surface area contributed by atoms with Gasteiger partial charge in [0.25, 0.3) is 0 Å². The Morgan fingerprint density at radius 3 is 2.66 bits per heavy atom. The van der Waals surface area contributed by atoms with Gasteiger partial charge in [-0.15, -0.1) is 0 Å². The summed E-state index contributed by atoms with van der Waals surface area (Å²) in [6, 6.07) is 11.1. The van der Waals surface area contributed by atoms with Gasteiger partial charge in [-0.2, -0.15) is 0 Å². The zero-order chi connectivity index (χ0) is 22.5. The van der Waals surface area contributed by atoms with Crippen LogP contribution in [0.3, 0.4) is 0 Å². The van der Waals surface area contributed by atoms with E-state index in [9.17, 15) is 9.59 Å². The number of hydrogen-bond acceptors (Lipinski definition) is 5. The first-order chi connectivity index (χ1) is 15.5. The van der Waals surface area contributed by atoms with Gasteiger partial charge in [0.2, 0.25) is 11.8 Å². The second-order valence-electron chi connectivity index (χ2n) is 8.17. The number of aromatic nitrogens is 1. The molecule has 3 aromatic rings. The largest absolute Gasteiger partial charge is 0.465 e. The van der Waals surface area contributed by atoms with Crippen molar-refractivity contribution < 1.29 is 18.7 Å². The molecule has 1 fully saturated rings. The molecular formula is C24H30N4O4. The van der Waals surface area contributed by atoms with E-state index in [2.05, 4.69) is 20.5 Å². The number of aryl methyl sites for hydroxylation is 1. The molecule has 8 nitrogen and oxygen atoms in total. The molecule has 0 unspecified atom stereocenters. The minimum absolute atomic E-state index is 0.0948. The first-order valence-electron chi connectivity index (χ1n) is 11.0. The van der Waals surface area contributed by atoms with Crippen LogP contribution in [0.2, 0.25) is 0 Å². The molecule has 2 atom stereocenters. The molecule has 0 aliphatic carbocycles. The number of amides is 2. The Morgan fingerprint density at radius 2 is 1.94 bits per heavy atom. The van der Waals surface area contributed by atoms with Crippen LogP contribution >= 0.6 is 0 Å². The Kier molecular flexibility index (Phi) is 6.92. The van der Waals surface area contributed by atoms with Crippen LogP contribution in [-0.2, 0) is 20.7 Å². The summed E-state index contributed by atoms with van der Waals surface area (Å²) in [6.07, 6.45) is 2.30. The molecule has 1 aromatic carbocycles. The van der Waals surface area contributed by atoms with Crippen molar-refractivity contribution in [1.82, 2.24) is 20.5 Å². The van der Waals surface area contributed by atoms with Crippen molar-refractivity contribution in [2.45, 2.75) is 32.4 Å². The van der Waals surface area contributed by atoms with Crippen molar-refractivity contribution >= 4 is 22.7 Å². The summed E-state index contributed by atoms with van der Waals surface area (Å²) in [5, 5.41) is 6.90. The van der Waals surface area contributed by atoms with Crippen molar-refractivity contribution in [3.8, 4) is 0 Å². The summed E-state index contributed by atoms with van der Waals surface area (Å²) in [5.41, 5.74) is 1.99. The Balaban J connectivity index is 1.48. The maximum Gasteiger partial charge on any atom is 0.242 e. The van der Waals surface area contributed by atoms with Crippen LogP contribution in [0.15, 0.2) is 47.0 Å². The zero-order valence-electron chi connectivity index (χ0n) is 18.5. The lowest BCUT2D eigenvalue weighted by atomic mass is 10.0. The van der Waals surface area contributed by atoms with Gasteiger partial charge in [-0.25, -0.2) is 0 Å². The van der Waals surface area contributed by atoms with Crippen LogP contribution in [0.5, 0.6) is 0 Å². The predicted octanol–water partition coefficient (Wildman–Crippen LogP) is 2.31. The molecule has 170 valence electrons. The molecule has 0 bridgehead atoms. The third-order valence-corrected chi connectivity index (χ3v) is 5.84. The number of carbonyl (C=O) groups is 2. The monoisotopic (exact) mass is 438 g/mol. The van der Waals surface area contributed by atoms with Gasteiger partial charge in [0, 0.05) is 50.1 Å². The fraction of sp³-hybridized carbons (Fsp3) is 0.417. The Bertz CT molecular complexity index is 1070. The summed E-state index contributed by atoms with van der Waals surface area (Å²) < 4.78 is 11.4. The van der Waals surface area contributed by atoms with E-state index in [0.717, 1.165) is 41.1 Å². The molecule has 3 N–H and O–H groups in total. The minimum Gasteiger partial charge on any atom is -0.465 e. The number of furan rings is 1. The predicted molar refractivity (Wildman–Crippen MR) is 121 cm³/mol. The maximum absolute atomic E-state index is 13.2. The highest BCUT2D eigenvalue weighted by molar-refractivity contribution is 5.89. The molecule has 4 rings (SSSR count). The first-order valence-corrected chi connectivity index (χ1v) is 11.0. The van der Waals surface area contributed by atoms with E-state index in [-0.39, 0.29) is 17.9 Å². The van der Waals surface area contributed by atoms with Crippen LogP contribution in [0.1, 0.15) is 30.0 Å². The van der Waals surface area contributed by atoms with Crippen LogP contribution < -0.4 is 10.6 Å². The smallest absolute Gasteiger partial charge is 0.242 e. The summed E-state index contributed by atoms with van der Waals surface area (Å²) in [4.78, 5) is 30.5. The highest BCUT2D eigenvalue weighted by Gasteiger charge is 2.28. The number of hydrogen-bond donors (Lipinski definition) is 3. The Hall–Kier alpha value is -3.10. The highest BCUT2D eigenvalue weighted by Crippen LogP contribution is 2.24. The van der Waals surface area contributed by atoms with Crippen molar-refractivity contribution in [1.29, 1.82) is 0 Å². The Morgan fingerprint density at radius 1 is 1.16 bits per heavy atom. The van der Waals surface area contributed by atoms with Crippen LogP contribution in [0.4, 0.5) is 0 Å². The van der Waals surface area contributed by atoms with E-state index in [0.29, 0.717) is 26.2 Å². The molecule has 1 aliphatic rings. The van der Waals surface area contributed by atoms with Crippen molar-refractivity contribution in [3.05, 3.63) is 59.7 Å². The van der Waals surface area contributed by atoms with Crippen molar-refractivity contribution in [3.63, 3.8) is 0 Å². The number of ether oxygens (including phenoxy) is 1. The third-order valence-electron chi connectivity index (χ3n) is 5.84. The second kappa shape index (κ2) is 10.0. The summed E-state index contributed by atoms with van der Waals surface area (Å²) in [5.74, 6) is 1.20. The number of H-pyrrole nitrogens is 1. The van der Waals surface area contributed by atoms with E-state index in [4.69, 9.17) is 9.15 Å². The number of rotatable bonds is 8. The standard InChI is InChI=1S/C24H30N4O4/c1-16-7-8-23(32-16)22(28-9-11-31-12-10-28)15-26-24(30)21(27-17(2)29)13-18-14-25-20-6-4-3-5-19(18)20/h3-8,14,21-22,25H,9-13,15H2,1-2H3,(H,26,30)(H,27,29)/t21-,22-/m0/s1. The number of carbonyl (C=O) groups excluding carboxylic acids is 2. The van der Waals surface area contributed by atoms with Crippen LogP contribution in [-0.4, -0.2) is 60.6 Å². The van der Waals surface area contributed by atoms with Crippen LogP contribution in [0.25, 0.3) is 10.9 Å². The summed E-state index contributed by atoms with van der Waals surface area (Å²) in [7, 11) is 0. The average molecular weight is 439 g/mol. The van der Waals surface area contributed by atoms with Gasteiger partial charge in [-0.1, -0.05) is 18.2 Å². The van der Waals surface area contributed by atoms with Gasteiger partial charge in [0.05, 0.1) is 19.3 Å². The first kappa shape index (κ1) is 22.1. The molecule has 0 saturated carbocycles. The molecule has 3 heterocycles. The lowest BCUT2D eigenvalue weighted by Crippen LogP contribution is -2.50. The molecule has 0 radical (unpaired) electrons. The second-order valence-corrected chi connectivity index (χ2v) is 8.17. The average Bonchev–Trinajstić information content (AvgIpc) is 3.40. The molecule has 8 heteroatoms. The number of aromatic amines is 1. The fourth-order valence-electron chi connectivity index (χ4n) is 4.23. The zero-order valence-corrected chi connectivity index (χ0v) is 18.5. The molecule has 1 aliphatic heterocycles. The van der Waals surface area contributed by atoms with Gasteiger partial charge in [0.1, 0.15) is 17.6 Å². The van der Waals surface area contributed by atoms with Crippen LogP contribution in [0, 0.1) is 6.92 Å². The quantitative estimate of drug-likeness (QED) is 0.501. The summed E-state index contributed by atoms with van der Waals surface area (Å²) >= 11 is 0. The van der Waals surface area contributed by atoms with E-state index < -0.39 is 6.04 Å². The van der Waals surface area contributed by atoms with E-state index in [1.807, 2.05) is 49.5 Å². The number of fused-ring (bicyclic) bond motifs is 1. The number of nitrogens with one attached hydrogen (secondary N) is 3. The molecule has 32 heavy (non-hydrogen) atoms. The number of benzene rings is 1. The van der Waals surface area contributed by atoms with E-state index in [1.54, 1.807) is 0 Å². The SMILES string of the molecule is CC(=O)N[C@@H](Cc1c[nH]c2ccccc12)C(=O)NC[C@@H](c1ccc(C)o1)N1CCOCC1. The van der Waals surface area contributed by atoms with E-state index in [1.165, 1.54) is 6.92 Å². The third kappa shape index (κ3) is 5.20. The number of morpholine rings is 1. The normalized spacial score (nSPS) is 16.6. The number of para-hydroxylation sites is 1. The molecule has 1 saturated heterocycles. The van der Waals surface area contributed by atoms with Gasteiger partial charge in [0.15, 0.2) is 0 Å². The van der Waals surface area contributed by atoms with Gasteiger partial charge in [-0.3, -0.25) is 14.5 Å². The topological polar surface area (TPSA) is 99.6 Å². The summed E-state index contributed by atoms with van der Waals surface area (Å²) in [6.45, 7) is 6.56. The molecule has 0 spiro atoms. The molecule has 2 amide bonds. The lowest BCUT2D eigenvalue weighted by Gasteiger charge is -2.33.